The van der Waals surface area contributed by atoms with Crippen molar-refractivity contribution in [3.05, 3.63) is 52.6 Å². The zero-order valence-electron chi connectivity index (χ0n) is 18.6. The van der Waals surface area contributed by atoms with Crippen molar-refractivity contribution in [1.82, 2.24) is 25.1 Å². The monoisotopic (exact) mass is 439 g/mol. The summed E-state index contributed by atoms with van der Waals surface area (Å²) in [5, 5.41) is 9.59. The number of nitrogens with one attached hydrogen (secondary N) is 3. The van der Waals surface area contributed by atoms with Gasteiger partial charge in [0.05, 0.1) is 5.69 Å². The van der Waals surface area contributed by atoms with Crippen molar-refractivity contribution < 1.29 is 4.79 Å². The van der Waals surface area contributed by atoms with Crippen LogP contribution in [0, 0.1) is 0 Å². The Labute approximate surface area is 188 Å². The van der Waals surface area contributed by atoms with E-state index >= 15 is 0 Å². The Morgan fingerprint density at radius 2 is 1.97 bits per heavy atom. The normalized spacial score (nSPS) is 22.0. The van der Waals surface area contributed by atoms with Crippen molar-refractivity contribution >= 4 is 11.8 Å². The molecule has 2 aliphatic rings. The van der Waals surface area contributed by atoms with E-state index in [0.717, 1.165) is 44.5 Å². The van der Waals surface area contributed by atoms with E-state index < -0.39 is 5.69 Å². The van der Waals surface area contributed by atoms with Crippen LogP contribution in [0.3, 0.4) is 0 Å². The van der Waals surface area contributed by atoms with E-state index in [-0.39, 0.29) is 11.8 Å². The van der Waals surface area contributed by atoms with Gasteiger partial charge in [-0.15, -0.1) is 0 Å². The molecule has 9 nitrogen and oxygen atoms in total. The number of hydrogen-bond acceptors (Lipinski definition) is 6. The Kier molecular flexibility index (Phi) is 7.19. The molecule has 3 atom stereocenters. The summed E-state index contributed by atoms with van der Waals surface area (Å²) >= 11 is 0. The van der Waals surface area contributed by atoms with Gasteiger partial charge in [0.25, 0.3) is 0 Å². The van der Waals surface area contributed by atoms with Crippen molar-refractivity contribution in [3.63, 3.8) is 0 Å². The minimum absolute atomic E-state index is 0.234. The summed E-state index contributed by atoms with van der Waals surface area (Å²) in [6, 6.07) is 10.5. The van der Waals surface area contributed by atoms with Gasteiger partial charge in [-0.05, 0) is 56.4 Å². The molecule has 1 aliphatic carbocycles. The minimum Gasteiger partial charge on any atom is -0.328 e. The van der Waals surface area contributed by atoms with Gasteiger partial charge in [0.2, 0.25) is 0 Å². The van der Waals surface area contributed by atoms with E-state index in [1.807, 2.05) is 24.3 Å². The Balaban J connectivity index is 1.35. The molecule has 2 unspecified atom stereocenters. The van der Waals surface area contributed by atoms with Crippen LogP contribution in [0.1, 0.15) is 31.7 Å². The van der Waals surface area contributed by atoms with Gasteiger partial charge in [-0.25, -0.2) is 9.59 Å². The highest BCUT2D eigenvalue weighted by Gasteiger charge is 2.22. The fourth-order valence-corrected chi connectivity index (χ4v) is 4.50. The predicted octanol–water partition coefficient (Wildman–Crippen LogP) is 1.07. The number of carbonyl (C=O) groups is 1. The molecule has 1 saturated heterocycles. The molecule has 172 valence electrons. The van der Waals surface area contributed by atoms with E-state index in [1.165, 1.54) is 10.1 Å². The molecule has 2 amide bonds. The standard InChI is InChI=1S/C23H33N7O2/c1-16(26-19-5-4-18(24)15-19)14-17-2-6-20(7-3-17)30-11-8-21(28-23(30)32)27-22(31)29-12-9-25-10-13-29/h2-3,6-8,11,16,18-19,25-26H,4-5,9-10,12-15,24H2,1H3,(H,27,28,31,32)/t16?,18?,19-/m0/s1. The third kappa shape index (κ3) is 5.73. The van der Waals surface area contributed by atoms with Gasteiger partial charge in [0.15, 0.2) is 0 Å². The SMILES string of the molecule is CC(Cc1ccc(-n2ccc(NC(=O)N3CCNCC3)nc2=O)cc1)N[C@H]1CCC(N)C1. The zero-order valence-corrected chi connectivity index (χ0v) is 18.6. The number of benzene rings is 1. The average molecular weight is 440 g/mol. The van der Waals surface area contributed by atoms with Crippen molar-refractivity contribution in [2.24, 2.45) is 5.73 Å². The Bertz CT molecular complexity index is 969. The number of piperazine rings is 1. The summed E-state index contributed by atoms with van der Waals surface area (Å²) in [5.74, 6) is 0.262. The summed E-state index contributed by atoms with van der Waals surface area (Å²) in [5.41, 5.74) is 7.53. The Morgan fingerprint density at radius 1 is 1.22 bits per heavy atom. The second kappa shape index (κ2) is 10.2. The molecule has 0 bridgehead atoms. The molecule has 0 radical (unpaired) electrons. The minimum atomic E-state index is -0.427. The lowest BCUT2D eigenvalue weighted by Crippen LogP contribution is -2.48. The first-order valence-electron chi connectivity index (χ1n) is 11.5. The largest absolute Gasteiger partial charge is 0.354 e. The number of nitrogens with zero attached hydrogens (tertiary/aromatic N) is 3. The van der Waals surface area contributed by atoms with Gasteiger partial charge in [0, 0.05) is 50.5 Å². The number of hydrogen-bond donors (Lipinski definition) is 4. The van der Waals surface area contributed by atoms with Crippen LogP contribution in [0.2, 0.25) is 0 Å². The van der Waals surface area contributed by atoms with Crippen molar-refractivity contribution in [2.45, 2.75) is 50.7 Å². The van der Waals surface area contributed by atoms with Gasteiger partial charge in [-0.3, -0.25) is 9.88 Å². The highest BCUT2D eigenvalue weighted by atomic mass is 16.2. The summed E-state index contributed by atoms with van der Waals surface area (Å²) < 4.78 is 1.48. The maximum absolute atomic E-state index is 12.5. The number of amides is 2. The third-order valence-corrected chi connectivity index (χ3v) is 6.19. The number of rotatable bonds is 6. The number of carbonyl (C=O) groups excluding carboxylic acids is 1. The number of nitrogens with two attached hydrogens (primary N) is 1. The van der Waals surface area contributed by atoms with Crippen LogP contribution in [-0.2, 0) is 6.42 Å². The lowest BCUT2D eigenvalue weighted by Gasteiger charge is -2.27. The van der Waals surface area contributed by atoms with E-state index in [1.54, 1.807) is 17.2 Å². The molecule has 1 aromatic heterocycles. The Hall–Kier alpha value is -2.75. The molecular weight excluding hydrogens is 406 g/mol. The molecule has 2 heterocycles. The zero-order chi connectivity index (χ0) is 22.5. The predicted molar refractivity (Wildman–Crippen MR) is 125 cm³/mol. The van der Waals surface area contributed by atoms with Crippen LogP contribution < -0.4 is 27.4 Å². The average Bonchev–Trinajstić information content (AvgIpc) is 3.19. The molecule has 0 spiro atoms. The summed E-state index contributed by atoms with van der Waals surface area (Å²) in [6.07, 6.45) is 5.85. The summed E-state index contributed by atoms with van der Waals surface area (Å²) in [4.78, 5) is 30.6. The molecule has 1 aromatic carbocycles. The van der Waals surface area contributed by atoms with Crippen LogP contribution in [-0.4, -0.2) is 64.8 Å². The molecule has 32 heavy (non-hydrogen) atoms. The second-order valence-electron chi connectivity index (χ2n) is 8.84. The maximum Gasteiger partial charge on any atom is 0.354 e. The van der Waals surface area contributed by atoms with Gasteiger partial charge >= 0.3 is 11.7 Å². The molecule has 2 aromatic rings. The summed E-state index contributed by atoms with van der Waals surface area (Å²) in [6.45, 7) is 5.00. The molecular formula is C23H33N7O2. The topological polar surface area (TPSA) is 117 Å². The van der Waals surface area contributed by atoms with Crippen LogP contribution in [0.25, 0.3) is 5.69 Å². The van der Waals surface area contributed by atoms with E-state index in [9.17, 15) is 9.59 Å². The smallest absolute Gasteiger partial charge is 0.328 e. The molecule has 4 rings (SSSR count). The first-order chi connectivity index (χ1) is 15.5. The van der Waals surface area contributed by atoms with Crippen LogP contribution >= 0.6 is 0 Å². The first kappa shape index (κ1) is 22.4. The number of aromatic nitrogens is 2. The molecule has 5 N–H and O–H groups in total. The van der Waals surface area contributed by atoms with Crippen molar-refractivity contribution in [3.8, 4) is 5.69 Å². The molecule has 9 heteroatoms. The van der Waals surface area contributed by atoms with Crippen LogP contribution in [0.4, 0.5) is 10.6 Å². The quantitative estimate of drug-likeness (QED) is 0.535. The van der Waals surface area contributed by atoms with Crippen LogP contribution in [0.15, 0.2) is 41.3 Å². The number of anilines is 1. The molecule has 1 aliphatic heterocycles. The van der Waals surface area contributed by atoms with E-state index in [0.29, 0.717) is 31.2 Å². The van der Waals surface area contributed by atoms with E-state index in [2.05, 4.69) is 27.9 Å². The van der Waals surface area contributed by atoms with Gasteiger partial charge in [0.1, 0.15) is 5.82 Å². The van der Waals surface area contributed by atoms with E-state index in [4.69, 9.17) is 5.73 Å². The fraction of sp³-hybridized carbons (Fsp3) is 0.522. The third-order valence-electron chi connectivity index (χ3n) is 6.19. The highest BCUT2D eigenvalue weighted by Crippen LogP contribution is 2.18. The maximum atomic E-state index is 12.5. The molecule has 2 fully saturated rings. The van der Waals surface area contributed by atoms with Gasteiger partial charge < -0.3 is 21.3 Å². The molecule has 1 saturated carbocycles. The van der Waals surface area contributed by atoms with Gasteiger partial charge in [-0.1, -0.05) is 12.1 Å². The fourth-order valence-electron chi connectivity index (χ4n) is 4.50. The lowest BCUT2D eigenvalue weighted by atomic mass is 10.1. The van der Waals surface area contributed by atoms with Crippen molar-refractivity contribution in [1.29, 1.82) is 0 Å². The summed E-state index contributed by atoms with van der Waals surface area (Å²) in [7, 11) is 0. The first-order valence-corrected chi connectivity index (χ1v) is 11.5. The second-order valence-corrected chi connectivity index (χ2v) is 8.84. The highest BCUT2D eigenvalue weighted by molar-refractivity contribution is 5.88. The lowest BCUT2D eigenvalue weighted by molar-refractivity contribution is 0.204. The van der Waals surface area contributed by atoms with Crippen molar-refractivity contribution in [2.75, 3.05) is 31.5 Å². The number of urea groups is 1. The van der Waals surface area contributed by atoms with Crippen LogP contribution in [0.5, 0.6) is 0 Å². The Morgan fingerprint density at radius 3 is 2.62 bits per heavy atom. The van der Waals surface area contributed by atoms with Gasteiger partial charge in [-0.2, -0.15) is 4.98 Å².